The lowest BCUT2D eigenvalue weighted by Crippen LogP contribution is -2.41. The Hall–Kier alpha value is -0.460. The van der Waals surface area contributed by atoms with Gasteiger partial charge in [-0.25, -0.2) is 0 Å². The van der Waals surface area contributed by atoms with Crippen LogP contribution in [0.5, 0.6) is 0 Å². The van der Waals surface area contributed by atoms with E-state index < -0.39 is 0 Å². The molecule has 2 atom stereocenters. The molecule has 21 heavy (non-hydrogen) atoms. The van der Waals surface area contributed by atoms with Gasteiger partial charge in [-0.3, -0.25) is 4.90 Å². The summed E-state index contributed by atoms with van der Waals surface area (Å²) in [6.45, 7) is 3.34. The number of aliphatic hydroxyl groups excluding tert-OH is 1. The summed E-state index contributed by atoms with van der Waals surface area (Å²) < 4.78 is 11.2. The van der Waals surface area contributed by atoms with Gasteiger partial charge in [0.05, 0.1) is 19.3 Å². The number of hydrogen-bond acceptors (Lipinski definition) is 5. The molecule has 2 aliphatic rings. The number of rotatable bonds is 5. The normalized spacial score (nSPS) is 26.8. The highest BCUT2D eigenvalue weighted by Gasteiger charge is 2.28. The van der Waals surface area contributed by atoms with Gasteiger partial charge in [-0.1, -0.05) is 18.9 Å². The molecule has 0 radical (unpaired) electrons. The van der Waals surface area contributed by atoms with E-state index in [1.165, 1.54) is 19.3 Å². The van der Waals surface area contributed by atoms with Crippen molar-refractivity contribution in [2.75, 3.05) is 26.3 Å². The van der Waals surface area contributed by atoms with Crippen molar-refractivity contribution in [3.8, 4) is 0 Å². The highest BCUT2D eigenvalue weighted by molar-refractivity contribution is 7.10. The maximum absolute atomic E-state index is 10.5. The fourth-order valence-electron chi connectivity index (χ4n) is 3.30. The van der Waals surface area contributed by atoms with Crippen LogP contribution in [0.4, 0.5) is 0 Å². The lowest BCUT2D eigenvalue weighted by Gasteiger charge is -2.32. The van der Waals surface area contributed by atoms with E-state index >= 15 is 0 Å². The molecule has 2 aliphatic heterocycles. The van der Waals surface area contributed by atoms with Crippen LogP contribution in [0.2, 0.25) is 0 Å². The molecule has 3 heterocycles. The molecule has 0 aromatic carbocycles. The summed E-state index contributed by atoms with van der Waals surface area (Å²) in [7, 11) is 0. The van der Waals surface area contributed by atoms with E-state index in [0.29, 0.717) is 19.3 Å². The Kier molecular flexibility index (Phi) is 5.66. The standard InChI is InChI=1S/C16H25NO3S/c18-14(15-6-4-10-21-15)11-13-5-2-1-3-7-17(13)12-16-19-8-9-20-16/h4,6,10,13-14,16,18H,1-3,5,7-9,11-12H2/t13-,14+/m1/s1. The van der Waals surface area contributed by atoms with E-state index in [1.807, 2.05) is 17.5 Å². The number of aliphatic hydroxyl groups is 1. The van der Waals surface area contributed by atoms with Gasteiger partial charge in [0.2, 0.25) is 0 Å². The smallest absolute Gasteiger partial charge is 0.170 e. The minimum atomic E-state index is -0.346. The molecule has 4 nitrogen and oxygen atoms in total. The second-order valence-electron chi connectivity index (χ2n) is 5.94. The summed E-state index contributed by atoms with van der Waals surface area (Å²) in [5.41, 5.74) is 0. The Morgan fingerprint density at radius 3 is 2.90 bits per heavy atom. The van der Waals surface area contributed by atoms with Crippen LogP contribution >= 0.6 is 11.3 Å². The van der Waals surface area contributed by atoms with E-state index in [2.05, 4.69) is 4.90 Å². The third-order valence-electron chi connectivity index (χ3n) is 4.44. The monoisotopic (exact) mass is 311 g/mol. The van der Waals surface area contributed by atoms with Gasteiger partial charge in [-0.2, -0.15) is 0 Å². The van der Waals surface area contributed by atoms with Crippen LogP contribution in [0.1, 0.15) is 43.1 Å². The first kappa shape index (κ1) is 15.4. The summed E-state index contributed by atoms with van der Waals surface area (Å²) in [6, 6.07) is 4.46. The number of ether oxygens (including phenoxy) is 2. The average Bonchev–Trinajstić information content (AvgIpc) is 3.14. The lowest BCUT2D eigenvalue weighted by molar-refractivity contribution is -0.0709. The molecule has 2 fully saturated rings. The number of hydrogen-bond donors (Lipinski definition) is 1. The second-order valence-corrected chi connectivity index (χ2v) is 6.92. The molecule has 1 N–H and O–H groups in total. The third kappa shape index (κ3) is 4.27. The fraction of sp³-hybridized carbons (Fsp3) is 0.750. The predicted molar refractivity (Wildman–Crippen MR) is 83.4 cm³/mol. The van der Waals surface area contributed by atoms with E-state index in [4.69, 9.17) is 9.47 Å². The van der Waals surface area contributed by atoms with Crippen LogP contribution in [0.25, 0.3) is 0 Å². The molecule has 0 unspecified atom stereocenters. The molecule has 0 spiro atoms. The highest BCUT2D eigenvalue weighted by Crippen LogP contribution is 2.29. The second kappa shape index (κ2) is 7.70. The zero-order chi connectivity index (χ0) is 14.5. The van der Waals surface area contributed by atoms with Gasteiger partial charge in [0.25, 0.3) is 0 Å². The van der Waals surface area contributed by atoms with Crippen molar-refractivity contribution in [2.45, 2.75) is 50.5 Å². The first-order valence-electron chi connectivity index (χ1n) is 8.01. The zero-order valence-corrected chi connectivity index (χ0v) is 13.3. The summed E-state index contributed by atoms with van der Waals surface area (Å²) in [4.78, 5) is 3.55. The summed E-state index contributed by atoms with van der Waals surface area (Å²) in [6.07, 6.45) is 5.32. The molecular weight excluding hydrogens is 286 g/mol. The van der Waals surface area contributed by atoms with Crippen LogP contribution in [0, 0.1) is 0 Å². The minimum Gasteiger partial charge on any atom is -0.388 e. The van der Waals surface area contributed by atoms with Crippen molar-refractivity contribution in [3.63, 3.8) is 0 Å². The molecule has 0 amide bonds. The van der Waals surface area contributed by atoms with Gasteiger partial charge in [0, 0.05) is 17.5 Å². The Morgan fingerprint density at radius 1 is 1.29 bits per heavy atom. The van der Waals surface area contributed by atoms with E-state index in [1.54, 1.807) is 11.3 Å². The molecular formula is C16H25NO3S. The molecule has 0 saturated carbocycles. The molecule has 1 aromatic rings. The molecule has 1 aromatic heterocycles. The quantitative estimate of drug-likeness (QED) is 0.908. The number of likely N-dealkylation sites (tertiary alicyclic amines) is 1. The molecule has 2 saturated heterocycles. The Labute approximate surface area is 130 Å². The first-order chi connectivity index (χ1) is 10.3. The number of nitrogens with zero attached hydrogens (tertiary/aromatic N) is 1. The SMILES string of the molecule is O[C@@H](C[C@H]1CCCCCN1CC1OCCO1)c1cccs1. The number of thiophene rings is 1. The Bertz CT molecular complexity index is 406. The van der Waals surface area contributed by atoms with Crippen molar-refractivity contribution in [1.29, 1.82) is 0 Å². The van der Waals surface area contributed by atoms with Crippen LogP contribution in [-0.4, -0.2) is 48.6 Å². The van der Waals surface area contributed by atoms with Gasteiger partial charge in [-0.15, -0.1) is 11.3 Å². The Morgan fingerprint density at radius 2 is 2.14 bits per heavy atom. The largest absolute Gasteiger partial charge is 0.388 e. The van der Waals surface area contributed by atoms with Crippen LogP contribution in [-0.2, 0) is 9.47 Å². The minimum absolute atomic E-state index is 0.0792. The van der Waals surface area contributed by atoms with Crippen molar-refractivity contribution < 1.29 is 14.6 Å². The van der Waals surface area contributed by atoms with Crippen LogP contribution in [0.3, 0.4) is 0 Å². The van der Waals surface area contributed by atoms with Crippen LogP contribution in [0.15, 0.2) is 17.5 Å². The fourth-order valence-corrected chi connectivity index (χ4v) is 4.03. The van der Waals surface area contributed by atoms with Crippen molar-refractivity contribution in [1.82, 2.24) is 4.90 Å². The van der Waals surface area contributed by atoms with Gasteiger partial charge >= 0.3 is 0 Å². The maximum atomic E-state index is 10.5. The van der Waals surface area contributed by atoms with E-state index in [9.17, 15) is 5.11 Å². The third-order valence-corrected chi connectivity index (χ3v) is 5.41. The zero-order valence-electron chi connectivity index (χ0n) is 12.4. The summed E-state index contributed by atoms with van der Waals surface area (Å²) in [5, 5.41) is 12.5. The van der Waals surface area contributed by atoms with Gasteiger partial charge in [0.1, 0.15) is 0 Å². The molecule has 5 heteroatoms. The first-order valence-corrected chi connectivity index (χ1v) is 8.89. The Balaban J connectivity index is 1.60. The van der Waals surface area contributed by atoms with Crippen LogP contribution < -0.4 is 0 Å². The molecule has 118 valence electrons. The molecule has 0 bridgehead atoms. The molecule has 0 aliphatic carbocycles. The topological polar surface area (TPSA) is 41.9 Å². The van der Waals surface area contributed by atoms with Gasteiger partial charge in [-0.05, 0) is 37.3 Å². The summed E-state index contributed by atoms with van der Waals surface area (Å²) in [5.74, 6) is 0. The van der Waals surface area contributed by atoms with Crippen molar-refractivity contribution in [2.24, 2.45) is 0 Å². The average molecular weight is 311 g/mol. The maximum Gasteiger partial charge on any atom is 0.170 e. The van der Waals surface area contributed by atoms with E-state index in [-0.39, 0.29) is 12.4 Å². The van der Waals surface area contributed by atoms with E-state index in [0.717, 1.165) is 30.8 Å². The van der Waals surface area contributed by atoms with Crippen molar-refractivity contribution in [3.05, 3.63) is 22.4 Å². The van der Waals surface area contributed by atoms with Crippen molar-refractivity contribution >= 4 is 11.3 Å². The molecule has 3 rings (SSSR count). The predicted octanol–water partition coefficient (Wildman–Crippen LogP) is 2.79. The van der Waals surface area contributed by atoms with Gasteiger partial charge in [0.15, 0.2) is 6.29 Å². The summed E-state index contributed by atoms with van der Waals surface area (Å²) >= 11 is 1.64. The van der Waals surface area contributed by atoms with Gasteiger partial charge < -0.3 is 14.6 Å². The highest BCUT2D eigenvalue weighted by atomic mass is 32.1. The lowest BCUT2D eigenvalue weighted by atomic mass is 10.0.